The van der Waals surface area contributed by atoms with Crippen LogP contribution in [-0.4, -0.2) is 21.2 Å². The number of imide groups is 1. The molecule has 3 rings (SSSR count). The molecule has 128 valence electrons. The van der Waals surface area contributed by atoms with Crippen LogP contribution in [0.25, 0.3) is 6.08 Å². The Labute approximate surface area is 163 Å². The van der Waals surface area contributed by atoms with Gasteiger partial charge in [0.25, 0.3) is 11.1 Å². The minimum Gasteiger partial charge on any atom is -0.507 e. The van der Waals surface area contributed by atoms with E-state index in [1.54, 1.807) is 18.2 Å². The predicted octanol–water partition coefficient (Wildman–Crippen LogP) is 5.59. The van der Waals surface area contributed by atoms with Crippen molar-refractivity contribution in [2.24, 2.45) is 0 Å². The van der Waals surface area contributed by atoms with Crippen LogP contribution < -0.4 is 0 Å². The molecular weight excluding hydrogens is 405 g/mol. The molecule has 8 heteroatoms. The summed E-state index contributed by atoms with van der Waals surface area (Å²) in [6.07, 6.45) is 1.43. The third-order valence-electron chi connectivity index (χ3n) is 3.53. The number of hydrogen-bond acceptors (Lipinski definition) is 4. The molecule has 0 aliphatic carbocycles. The molecule has 25 heavy (non-hydrogen) atoms. The molecule has 0 atom stereocenters. The van der Waals surface area contributed by atoms with E-state index in [-0.39, 0.29) is 17.2 Å². The van der Waals surface area contributed by atoms with Gasteiger partial charge in [0.05, 0.1) is 11.4 Å². The number of hydrogen-bond donors (Lipinski definition) is 1. The summed E-state index contributed by atoms with van der Waals surface area (Å²) in [5, 5.41) is 10.6. The minimum absolute atomic E-state index is 0.0258. The minimum atomic E-state index is -0.481. The largest absolute Gasteiger partial charge is 0.507 e. The molecule has 2 aromatic rings. The maximum atomic E-state index is 12.6. The van der Waals surface area contributed by atoms with Crippen LogP contribution in [0.1, 0.15) is 11.1 Å². The van der Waals surface area contributed by atoms with E-state index < -0.39 is 11.1 Å². The zero-order chi connectivity index (χ0) is 18.1. The summed E-state index contributed by atoms with van der Waals surface area (Å²) in [5.41, 5.74) is 0.855. The zero-order valence-electron chi connectivity index (χ0n) is 12.5. The van der Waals surface area contributed by atoms with Gasteiger partial charge in [-0.2, -0.15) is 0 Å². The maximum absolute atomic E-state index is 12.6. The van der Waals surface area contributed by atoms with Crippen LogP contribution in [0.2, 0.25) is 15.1 Å². The van der Waals surface area contributed by atoms with Crippen LogP contribution in [0.15, 0.2) is 41.3 Å². The lowest BCUT2D eigenvalue weighted by Crippen LogP contribution is -2.27. The van der Waals surface area contributed by atoms with Crippen molar-refractivity contribution in [1.82, 2.24) is 4.90 Å². The highest BCUT2D eigenvalue weighted by molar-refractivity contribution is 8.18. The van der Waals surface area contributed by atoms with Crippen molar-refractivity contribution in [3.63, 3.8) is 0 Å². The lowest BCUT2D eigenvalue weighted by molar-refractivity contribution is -0.123. The Hall–Kier alpha value is -1.66. The van der Waals surface area contributed by atoms with Gasteiger partial charge in [-0.25, -0.2) is 0 Å². The van der Waals surface area contributed by atoms with Crippen molar-refractivity contribution in [2.75, 3.05) is 0 Å². The molecule has 1 fully saturated rings. The topological polar surface area (TPSA) is 57.6 Å². The molecule has 2 amide bonds. The third kappa shape index (κ3) is 3.80. The van der Waals surface area contributed by atoms with Gasteiger partial charge in [0.1, 0.15) is 5.75 Å². The molecule has 2 aromatic carbocycles. The standard InChI is InChI=1S/C17H10Cl3NO3S/c18-10-4-5-14(22)9(6-10)7-15-16(23)21(17(24)25-15)8-11-12(19)2-1-3-13(11)20/h1-7,22H,8H2/b15-7-. The normalized spacial score (nSPS) is 16.1. The van der Waals surface area contributed by atoms with Gasteiger partial charge < -0.3 is 5.11 Å². The van der Waals surface area contributed by atoms with Crippen LogP contribution in [-0.2, 0) is 11.3 Å². The van der Waals surface area contributed by atoms with Crippen molar-refractivity contribution in [1.29, 1.82) is 0 Å². The van der Waals surface area contributed by atoms with E-state index >= 15 is 0 Å². The SMILES string of the molecule is O=C1S/C(=C\c2cc(Cl)ccc2O)C(=O)N1Cc1c(Cl)cccc1Cl. The number of rotatable bonds is 3. The van der Waals surface area contributed by atoms with Gasteiger partial charge in [0.2, 0.25) is 0 Å². The number of phenolic OH excluding ortho intramolecular Hbond substituents is 1. The average Bonchev–Trinajstić information content (AvgIpc) is 2.81. The van der Waals surface area contributed by atoms with Gasteiger partial charge in [-0.15, -0.1) is 0 Å². The monoisotopic (exact) mass is 413 g/mol. The molecule has 1 aliphatic rings. The van der Waals surface area contributed by atoms with E-state index in [2.05, 4.69) is 0 Å². The molecule has 1 aliphatic heterocycles. The van der Waals surface area contributed by atoms with Crippen LogP contribution in [0.4, 0.5) is 4.79 Å². The Morgan fingerprint density at radius 1 is 1.08 bits per heavy atom. The van der Waals surface area contributed by atoms with Crippen LogP contribution >= 0.6 is 46.6 Å². The molecular formula is C17H10Cl3NO3S. The summed E-state index contributed by atoms with van der Waals surface area (Å²) in [4.78, 5) is 26.0. The number of phenols is 1. The van der Waals surface area contributed by atoms with E-state index in [1.807, 2.05) is 0 Å². The van der Waals surface area contributed by atoms with Gasteiger partial charge in [0.15, 0.2) is 0 Å². The summed E-state index contributed by atoms with van der Waals surface area (Å²) < 4.78 is 0. The fraction of sp³-hybridized carbons (Fsp3) is 0.0588. The number of amides is 2. The fourth-order valence-corrected chi connectivity index (χ4v) is 3.79. The first-order valence-corrected chi connectivity index (χ1v) is 8.98. The Kier molecular flexibility index (Phi) is 5.29. The number of aromatic hydroxyl groups is 1. The van der Waals surface area contributed by atoms with E-state index in [0.717, 1.165) is 16.7 Å². The molecule has 1 heterocycles. The highest BCUT2D eigenvalue weighted by Crippen LogP contribution is 2.36. The van der Waals surface area contributed by atoms with E-state index in [0.29, 0.717) is 26.2 Å². The van der Waals surface area contributed by atoms with E-state index in [4.69, 9.17) is 34.8 Å². The zero-order valence-corrected chi connectivity index (χ0v) is 15.6. The molecule has 0 spiro atoms. The average molecular weight is 415 g/mol. The van der Waals surface area contributed by atoms with Gasteiger partial charge in [0, 0.05) is 26.2 Å². The number of thioether (sulfide) groups is 1. The number of carbonyl (C=O) groups excluding carboxylic acids is 2. The Balaban J connectivity index is 1.90. The van der Waals surface area contributed by atoms with Crippen molar-refractivity contribution < 1.29 is 14.7 Å². The Morgan fingerprint density at radius 3 is 2.44 bits per heavy atom. The van der Waals surface area contributed by atoms with Crippen LogP contribution in [0.3, 0.4) is 0 Å². The van der Waals surface area contributed by atoms with Crippen molar-refractivity contribution in [3.05, 3.63) is 67.5 Å². The summed E-state index contributed by atoms with van der Waals surface area (Å²) >= 11 is 18.9. The van der Waals surface area contributed by atoms with Crippen molar-refractivity contribution >= 4 is 63.8 Å². The third-order valence-corrected chi connectivity index (χ3v) is 5.38. The summed E-state index contributed by atoms with van der Waals surface area (Å²) in [6, 6.07) is 9.42. The molecule has 0 aromatic heterocycles. The van der Waals surface area contributed by atoms with Crippen LogP contribution in [0.5, 0.6) is 5.75 Å². The molecule has 1 N–H and O–H groups in total. The maximum Gasteiger partial charge on any atom is 0.293 e. The second kappa shape index (κ2) is 7.30. The van der Waals surface area contributed by atoms with E-state index in [1.165, 1.54) is 24.3 Å². The molecule has 0 radical (unpaired) electrons. The number of halogens is 3. The second-order valence-corrected chi connectivity index (χ2v) is 7.42. The van der Waals surface area contributed by atoms with Gasteiger partial charge in [-0.1, -0.05) is 40.9 Å². The van der Waals surface area contributed by atoms with Crippen molar-refractivity contribution in [3.8, 4) is 5.75 Å². The fourth-order valence-electron chi connectivity index (χ4n) is 2.26. The quantitative estimate of drug-likeness (QED) is 0.665. The summed E-state index contributed by atoms with van der Waals surface area (Å²) in [6.45, 7) is -0.0258. The summed E-state index contributed by atoms with van der Waals surface area (Å²) in [5.74, 6) is -0.518. The number of benzene rings is 2. The molecule has 4 nitrogen and oxygen atoms in total. The summed E-state index contributed by atoms with van der Waals surface area (Å²) in [7, 11) is 0. The Bertz CT molecular complexity index is 894. The first-order chi connectivity index (χ1) is 11.9. The predicted molar refractivity (Wildman–Crippen MR) is 101 cm³/mol. The molecule has 0 saturated carbocycles. The highest BCUT2D eigenvalue weighted by atomic mass is 35.5. The smallest absolute Gasteiger partial charge is 0.293 e. The number of nitrogens with zero attached hydrogens (tertiary/aromatic N) is 1. The molecule has 1 saturated heterocycles. The Morgan fingerprint density at radius 2 is 1.76 bits per heavy atom. The lowest BCUT2D eigenvalue weighted by atomic mass is 10.1. The van der Waals surface area contributed by atoms with Gasteiger partial charge in [-0.3, -0.25) is 14.5 Å². The van der Waals surface area contributed by atoms with Crippen molar-refractivity contribution in [2.45, 2.75) is 6.54 Å². The highest BCUT2D eigenvalue weighted by Gasteiger charge is 2.35. The van der Waals surface area contributed by atoms with Gasteiger partial charge >= 0.3 is 0 Å². The van der Waals surface area contributed by atoms with Gasteiger partial charge in [-0.05, 0) is 48.2 Å². The first kappa shape index (κ1) is 18.1. The lowest BCUT2D eigenvalue weighted by Gasteiger charge is -2.14. The van der Waals surface area contributed by atoms with Crippen LogP contribution in [0, 0.1) is 0 Å². The van der Waals surface area contributed by atoms with E-state index in [9.17, 15) is 14.7 Å². The second-order valence-electron chi connectivity index (χ2n) is 5.17. The molecule has 0 bridgehead atoms. The molecule has 0 unspecified atom stereocenters. The number of carbonyl (C=O) groups is 2. The first-order valence-electron chi connectivity index (χ1n) is 7.03.